The van der Waals surface area contributed by atoms with Gasteiger partial charge in [0, 0.05) is 43.2 Å². The minimum absolute atomic E-state index is 0.0624. The van der Waals surface area contributed by atoms with Crippen LogP contribution >= 0.6 is 0 Å². The number of carbonyl (C=O) groups excluding carboxylic acids is 2. The van der Waals surface area contributed by atoms with Gasteiger partial charge >= 0.3 is 6.03 Å². The molecule has 2 aliphatic rings. The van der Waals surface area contributed by atoms with Crippen LogP contribution in [0.1, 0.15) is 41.6 Å². The van der Waals surface area contributed by atoms with Crippen molar-refractivity contribution in [2.75, 3.05) is 41.7 Å². The highest BCUT2D eigenvalue weighted by Gasteiger charge is 2.25. The molecule has 2 N–H and O–H groups in total. The topological polar surface area (TPSA) is 64.7 Å². The van der Waals surface area contributed by atoms with Gasteiger partial charge in [0.25, 0.3) is 5.91 Å². The van der Waals surface area contributed by atoms with E-state index in [9.17, 15) is 9.59 Å². The highest BCUT2D eigenvalue weighted by atomic mass is 16.2. The van der Waals surface area contributed by atoms with E-state index in [1.165, 1.54) is 0 Å². The lowest BCUT2D eigenvalue weighted by atomic mass is 10.1. The lowest BCUT2D eigenvalue weighted by molar-refractivity contribution is 0.0793. The summed E-state index contributed by atoms with van der Waals surface area (Å²) in [6, 6.07) is 13.0. The van der Waals surface area contributed by atoms with Crippen molar-refractivity contribution in [3.8, 4) is 0 Å². The van der Waals surface area contributed by atoms with E-state index in [0.29, 0.717) is 11.3 Å². The number of aryl methyl sites for hydroxylation is 1. The van der Waals surface area contributed by atoms with Gasteiger partial charge < -0.3 is 20.4 Å². The molecule has 4 rings (SSSR count). The number of hydrogen-bond acceptors (Lipinski definition) is 3. The Morgan fingerprint density at radius 2 is 1.55 bits per heavy atom. The maximum atomic E-state index is 13.2. The maximum Gasteiger partial charge on any atom is 0.323 e. The third-order valence-corrected chi connectivity index (χ3v) is 5.72. The molecule has 0 atom stereocenters. The molecule has 152 valence electrons. The van der Waals surface area contributed by atoms with Crippen LogP contribution in [0.5, 0.6) is 0 Å². The van der Waals surface area contributed by atoms with Crippen molar-refractivity contribution in [2.24, 2.45) is 0 Å². The predicted molar refractivity (Wildman–Crippen MR) is 117 cm³/mol. The number of likely N-dealkylation sites (tertiary alicyclic amines) is 1. The zero-order valence-electron chi connectivity index (χ0n) is 16.9. The van der Waals surface area contributed by atoms with E-state index in [0.717, 1.165) is 68.8 Å². The highest BCUT2D eigenvalue weighted by Crippen LogP contribution is 2.29. The van der Waals surface area contributed by atoms with E-state index in [2.05, 4.69) is 15.5 Å². The van der Waals surface area contributed by atoms with Crippen molar-refractivity contribution < 1.29 is 9.59 Å². The lowest BCUT2D eigenvalue weighted by Gasteiger charge is -2.24. The average Bonchev–Trinajstić information content (AvgIpc) is 3.43. The van der Waals surface area contributed by atoms with Crippen molar-refractivity contribution in [1.82, 2.24) is 4.90 Å². The van der Waals surface area contributed by atoms with Crippen LogP contribution in [0.2, 0.25) is 0 Å². The van der Waals surface area contributed by atoms with Crippen molar-refractivity contribution in [3.05, 3.63) is 53.6 Å². The number of carbonyl (C=O) groups is 2. The van der Waals surface area contributed by atoms with Gasteiger partial charge in [-0.2, -0.15) is 0 Å². The van der Waals surface area contributed by atoms with Crippen LogP contribution in [-0.2, 0) is 0 Å². The SMILES string of the molecule is Cc1ccccc1NC(=O)Nc1ccc(N2CCCC2)c(C(=O)N2CCCC2)c1. The average molecular weight is 393 g/mol. The van der Waals surface area contributed by atoms with Gasteiger partial charge in [-0.3, -0.25) is 4.79 Å². The van der Waals surface area contributed by atoms with Gasteiger partial charge in [-0.1, -0.05) is 18.2 Å². The molecule has 0 spiro atoms. The highest BCUT2D eigenvalue weighted by molar-refractivity contribution is 6.04. The minimum Gasteiger partial charge on any atom is -0.371 e. The first-order valence-corrected chi connectivity index (χ1v) is 10.4. The molecule has 0 aromatic heterocycles. The standard InChI is InChI=1S/C23H28N4O2/c1-17-8-2-3-9-20(17)25-23(29)24-18-10-11-21(26-12-4-5-13-26)19(16-18)22(28)27-14-6-7-15-27/h2-3,8-11,16H,4-7,12-15H2,1H3,(H2,24,25,29). The summed E-state index contributed by atoms with van der Waals surface area (Å²) in [4.78, 5) is 29.9. The molecule has 0 unspecified atom stereocenters. The molecule has 2 aliphatic heterocycles. The van der Waals surface area contributed by atoms with E-state index in [1.54, 1.807) is 0 Å². The fourth-order valence-electron chi connectivity index (χ4n) is 4.11. The Morgan fingerprint density at radius 1 is 0.862 bits per heavy atom. The van der Waals surface area contributed by atoms with Gasteiger partial charge in [-0.15, -0.1) is 0 Å². The fourth-order valence-corrected chi connectivity index (χ4v) is 4.11. The first-order chi connectivity index (χ1) is 14.1. The summed E-state index contributed by atoms with van der Waals surface area (Å²) in [5.41, 5.74) is 4.05. The van der Waals surface area contributed by atoms with Crippen LogP contribution in [0.4, 0.5) is 21.9 Å². The van der Waals surface area contributed by atoms with E-state index in [4.69, 9.17) is 0 Å². The maximum absolute atomic E-state index is 13.2. The quantitative estimate of drug-likeness (QED) is 0.807. The van der Waals surface area contributed by atoms with Gasteiger partial charge in [-0.25, -0.2) is 4.79 Å². The number of benzene rings is 2. The summed E-state index contributed by atoms with van der Waals surface area (Å²) in [5.74, 6) is 0.0624. The lowest BCUT2D eigenvalue weighted by Crippen LogP contribution is -2.30. The largest absolute Gasteiger partial charge is 0.371 e. The molecule has 3 amide bonds. The first-order valence-electron chi connectivity index (χ1n) is 10.4. The van der Waals surface area contributed by atoms with E-state index < -0.39 is 0 Å². The van der Waals surface area contributed by atoms with Crippen LogP contribution in [0, 0.1) is 6.92 Å². The summed E-state index contributed by atoms with van der Waals surface area (Å²) in [6.07, 6.45) is 4.41. The zero-order valence-corrected chi connectivity index (χ0v) is 16.9. The summed E-state index contributed by atoms with van der Waals surface area (Å²) in [6.45, 7) is 5.52. The Morgan fingerprint density at radius 3 is 2.28 bits per heavy atom. The summed E-state index contributed by atoms with van der Waals surface area (Å²) < 4.78 is 0. The molecule has 2 fully saturated rings. The number of para-hydroxylation sites is 1. The zero-order chi connectivity index (χ0) is 20.2. The van der Waals surface area contributed by atoms with Crippen LogP contribution < -0.4 is 15.5 Å². The van der Waals surface area contributed by atoms with Crippen LogP contribution in [0.15, 0.2) is 42.5 Å². The third-order valence-electron chi connectivity index (χ3n) is 5.72. The molecule has 0 bridgehead atoms. The van der Waals surface area contributed by atoms with E-state index in [1.807, 2.05) is 54.3 Å². The first kappa shape index (κ1) is 19.3. The van der Waals surface area contributed by atoms with Gasteiger partial charge in [0.05, 0.1) is 5.56 Å². The molecular weight excluding hydrogens is 364 g/mol. The molecule has 0 aliphatic carbocycles. The molecule has 2 saturated heterocycles. The second-order valence-corrected chi connectivity index (χ2v) is 7.82. The predicted octanol–water partition coefficient (Wildman–Crippen LogP) is 4.48. The Bertz CT molecular complexity index is 900. The van der Waals surface area contributed by atoms with Crippen molar-refractivity contribution in [3.63, 3.8) is 0 Å². The van der Waals surface area contributed by atoms with E-state index >= 15 is 0 Å². The Hall–Kier alpha value is -3.02. The molecular formula is C23H28N4O2. The summed E-state index contributed by atoms with van der Waals surface area (Å²) in [7, 11) is 0. The monoisotopic (exact) mass is 392 g/mol. The van der Waals surface area contributed by atoms with Gasteiger partial charge in [-0.05, 0) is 62.4 Å². The number of nitrogens with zero attached hydrogens (tertiary/aromatic N) is 2. The van der Waals surface area contributed by atoms with Crippen molar-refractivity contribution in [2.45, 2.75) is 32.6 Å². The molecule has 2 aromatic rings. The van der Waals surface area contributed by atoms with Crippen molar-refractivity contribution in [1.29, 1.82) is 0 Å². The molecule has 29 heavy (non-hydrogen) atoms. The number of nitrogens with one attached hydrogen (secondary N) is 2. The van der Waals surface area contributed by atoms with Crippen LogP contribution in [-0.4, -0.2) is 43.0 Å². The summed E-state index contributed by atoms with van der Waals surface area (Å²) >= 11 is 0. The fraction of sp³-hybridized carbons (Fsp3) is 0.391. The van der Waals surface area contributed by atoms with Crippen molar-refractivity contribution >= 4 is 29.0 Å². The number of anilines is 3. The Kier molecular flexibility index (Phi) is 5.69. The molecule has 0 radical (unpaired) electrons. The molecule has 2 aromatic carbocycles. The second-order valence-electron chi connectivity index (χ2n) is 7.82. The smallest absolute Gasteiger partial charge is 0.323 e. The van der Waals surface area contributed by atoms with E-state index in [-0.39, 0.29) is 11.9 Å². The number of amides is 3. The molecule has 2 heterocycles. The van der Waals surface area contributed by atoms with Crippen LogP contribution in [0.25, 0.3) is 0 Å². The summed E-state index contributed by atoms with van der Waals surface area (Å²) in [5, 5.41) is 5.76. The minimum atomic E-state index is -0.312. The van der Waals surface area contributed by atoms with Gasteiger partial charge in [0.15, 0.2) is 0 Å². The Labute approximate surface area is 171 Å². The second kappa shape index (κ2) is 8.55. The number of urea groups is 1. The number of hydrogen-bond donors (Lipinski definition) is 2. The molecule has 0 saturated carbocycles. The Balaban J connectivity index is 1.55. The third kappa shape index (κ3) is 4.36. The molecule has 6 heteroatoms. The van der Waals surface area contributed by atoms with Gasteiger partial charge in [0.1, 0.15) is 0 Å². The number of rotatable bonds is 4. The molecule has 6 nitrogen and oxygen atoms in total. The van der Waals surface area contributed by atoms with Gasteiger partial charge in [0.2, 0.25) is 0 Å². The normalized spacial score (nSPS) is 16.2. The van der Waals surface area contributed by atoms with Crippen LogP contribution in [0.3, 0.4) is 0 Å².